The van der Waals surface area contributed by atoms with Crippen LogP contribution in [0.3, 0.4) is 0 Å². The van der Waals surface area contributed by atoms with Crippen molar-refractivity contribution in [2.75, 3.05) is 12.3 Å². The molecular weight excluding hydrogens is 320 g/mol. The fourth-order valence-corrected chi connectivity index (χ4v) is 3.97. The van der Waals surface area contributed by atoms with Gasteiger partial charge in [0.2, 0.25) is 0 Å². The first-order chi connectivity index (χ1) is 10.2. The SMILES string of the molecule is CCCNC(CSc1ccccc1Cl)Cc1csc(C)n1. The molecule has 0 bridgehead atoms. The van der Waals surface area contributed by atoms with Gasteiger partial charge in [-0.3, -0.25) is 0 Å². The smallest absolute Gasteiger partial charge is 0.0897 e. The van der Waals surface area contributed by atoms with E-state index in [0.717, 1.165) is 40.1 Å². The number of hydrogen-bond donors (Lipinski definition) is 1. The van der Waals surface area contributed by atoms with Crippen LogP contribution in [0.5, 0.6) is 0 Å². The predicted octanol–water partition coefficient (Wildman–Crippen LogP) is 4.81. The van der Waals surface area contributed by atoms with Crippen LogP contribution in [-0.4, -0.2) is 23.3 Å². The van der Waals surface area contributed by atoms with Crippen LogP contribution >= 0.6 is 34.7 Å². The quantitative estimate of drug-likeness (QED) is 0.698. The average molecular weight is 341 g/mol. The molecule has 0 saturated carbocycles. The van der Waals surface area contributed by atoms with Gasteiger partial charge in [-0.15, -0.1) is 23.1 Å². The molecule has 21 heavy (non-hydrogen) atoms. The molecule has 0 aliphatic carbocycles. The number of thiazole rings is 1. The minimum atomic E-state index is 0.424. The minimum Gasteiger partial charge on any atom is -0.313 e. The van der Waals surface area contributed by atoms with E-state index in [1.54, 1.807) is 11.3 Å². The normalized spacial score (nSPS) is 12.5. The number of halogens is 1. The Hall–Kier alpha value is -0.550. The van der Waals surface area contributed by atoms with Crippen LogP contribution in [0.1, 0.15) is 24.0 Å². The summed E-state index contributed by atoms with van der Waals surface area (Å²) >= 11 is 9.76. The molecule has 114 valence electrons. The Labute approximate surface area is 140 Å². The molecule has 0 aliphatic rings. The van der Waals surface area contributed by atoms with E-state index >= 15 is 0 Å². The van der Waals surface area contributed by atoms with Gasteiger partial charge in [0.1, 0.15) is 0 Å². The summed E-state index contributed by atoms with van der Waals surface area (Å²) in [5.74, 6) is 1.00. The summed E-state index contributed by atoms with van der Waals surface area (Å²) in [5.41, 5.74) is 1.19. The molecule has 0 saturated heterocycles. The maximum atomic E-state index is 6.22. The van der Waals surface area contributed by atoms with Gasteiger partial charge in [-0.2, -0.15) is 0 Å². The van der Waals surface area contributed by atoms with E-state index in [-0.39, 0.29) is 0 Å². The van der Waals surface area contributed by atoms with Crippen molar-refractivity contribution < 1.29 is 0 Å². The molecule has 5 heteroatoms. The minimum absolute atomic E-state index is 0.424. The van der Waals surface area contributed by atoms with E-state index in [1.807, 2.05) is 30.0 Å². The molecule has 1 N–H and O–H groups in total. The van der Waals surface area contributed by atoms with Gasteiger partial charge in [0.15, 0.2) is 0 Å². The number of aromatic nitrogens is 1. The molecule has 1 aromatic carbocycles. The first kappa shape index (κ1) is 16.8. The summed E-state index contributed by atoms with van der Waals surface area (Å²) < 4.78 is 0. The number of nitrogens with one attached hydrogen (secondary N) is 1. The molecule has 0 fully saturated rings. The van der Waals surface area contributed by atoms with Crippen LogP contribution < -0.4 is 5.32 Å². The van der Waals surface area contributed by atoms with E-state index in [4.69, 9.17) is 11.6 Å². The summed E-state index contributed by atoms with van der Waals surface area (Å²) in [4.78, 5) is 5.72. The Balaban J connectivity index is 1.94. The van der Waals surface area contributed by atoms with Crippen molar-refractivity contribution in [3.8, 4) is 0 Å². The zero-order valence-electron chi connectivity index (χ0n) is 12.4. The topological polar surface area (TPSA) is 24.9 Å². The van der Waals surface area contributed by atoms with Crippen LogP contribution in [0.4, 0.5) is 0 Å². The van der Waals surface area contributed by atoms with Gasteiger partial charge in [-0.05, 0) is 32.0 Å². The van der Waals surface area contributed by atoms with Crippen LogP contribution in [0.2, 0.25) is 5.02 Å². The second-order valence-corrected chi connectivity index (χ2v) is 7.49. The van der Waals surface area contributed by atoms with E-state index < -0.39 is 0 Å². The molecule has 1 aromatic heterocycles. The predicted molar refractivity (Wildman–Crippen MR) is 94.8 cm³/mol. The molecule has 0 amide bonds. The van der Waals surface area contributed by atoms with Crippen molar-refractivity contribution in [3.63, 3.8) is 0 Å². The summed E-state index contributed by atoms with van der Waals surface area (Å²) in [5, 5.41) is 7.75. The number of nitrogens with zero attached hydrogens (tertiary/aromatic N) is 1. The molecule has 1 heterocycles. The molecule has 0 spiro atoms. The van der Waals surface area contributed by atoms with Crippen molar-refractivity contribution in [2.45, 2.75) is 37.6 Å². The first-order valence-corrected chi connectivity index (χ1v) is 9.45. The zero-order chi connectivity index (χ0) is 15.1. The highest BCUT2D eigenvalue weighted by atomic mass is 35.5. The molecule has 1 atom stereocenters. The van der Waals surface area contributed by atoms with Crippen molar-refractivity contribution in [1.29, 1.82) is 0 Å². The van der Waals surface area contributed by atoms with Crippen molar-refractivity contribution in [2.24, 2.45) is 0 Å². The standard InChI is InChI=1S/C16H21ClN2S2/c1-3-8-18-13(9-14-11-20-12(2)19-14)10-21-16-7-5-4-6-15(16)17/h4-7,11,13,18H,3,8-10H2,1-2H3. The highest BCUT2D eigenvalue weighted by Crippen LogP contribution is 2.27. The maximum Gasteiger partial charge on any atom is 0.0897 e. The van der Waals surface area contributed by atoms with Crippen LogP contribution in [0, 0.1) is 6.92 Å². The van der Waals surface area contributed by atoms with Gasteiger partial charge in [0, 0.05) is 28.5 Å². The highest BCUT2D eigenvalue weighted by molar-refractivity contribution is 7.99. The largest absolute Gasteiger partial charge is 0.313 e. The summed E-state index contributed by atoms with van der Waals surface area (Å²) in [6.45, 7) is 5.29. The Kier molecular flexibility index (Phi) is 7.04. The second kappa shape index (κ2) is 8.79. The Bertz CT molecular complexity index is 557. The van der Waals surface area contributed by atoms with Crippen LogP contribution in [-0.2, 0) is 6.42 Å². The molecule has 2 aromatic rings. The lowest BCUT2D eigenvalue weighted by Gasteiger charge is -2.17. The number of benzene rings is 1. The number of thioether (sulfide) groups is 1. The van der Waals surface area contributed by atoms with Gasteiger partial charge in [0.05, 0.1) is 15.7 Å². The summed E-state index contributed by atoms with van der Waals surface area (Å²) in [6, 6.07) is 8.45. The van der Waals surface area contributed by atoms with Gasteiger partial charge in [-0.25, -0.2) is 4.98 Å². The number of hydrogen-bond acceptors (Lipinski definition) is 4. The van der Waals surface area contributed by atoms with Gasteiger partial charge in [0.25, 0.3) is 0 Å². The van der Waals surface area contributed by atoms with Crippen molar-refractivity contribution >= 4 is 34.7 Å². The third kappa shape index (κ3) is 5.62. The molecule has 1 unspecified atom stereocenters. The van der Waals surface area contributed by atoms with E-state index in [2.05, 4.69) is 35.6 Å². The monoisotopic (exact) mass is 340 g/mol. The van der Waals surface area contributed by atoms with Crippen molar-refractivity contribution in [1.82, 2.24) is 10.3 Å². The lowest BCUT2D eigenvalue weighted by Crippen LogP contribution is -2.34. The van der Waals surface area contributed by atoms with Crippen LogP contribution in [0.25, 0.3) is 0 Å². The van der Waals surface area contributed by atoms with E-state index in [1.165, 1.54) is 5.69 Å². The van der Waals surface area contributed by atoms with Crippen molar-refractivity contribution in [3.05, 3.63) is 45.4 Å². The van der Waals surface area contributed by atoms with E-state index in [9.17, 15) is 0 Å². The van der Waals surface area contributed by atoms with Crippen LogP contribution in [0.15, 0.2) is 34.5 Å². The fourth-order valence-electron chi connectivity index (χ4n) is 2.05. The lowest BCUT2D eigenvalue weighted by molar-refractivity contribution is 0.546. The fraction of sp³-hybridized carbons (Fsp3) is 0.438. The number of aryl methyl sites for hydroxylation is 1. The highest BCUT2D eigenvalue weighted by Gasteiger charge is 2.12. The average Bonchev–Trinajstić information content (AvgIpc) is 2.88. The van der Waals surface area contributed by atoms with Gasteiger partial charge < -0.3 is 5.32 Å². The molecule has 0 radical (unpaired) electrons. The maximum absolute atomic E-state index is 6.22. The van der Waals surface area contributed by atoms with Gasteiger partial charge >= 0.3 is 0 Å². The summed E-state index contributed by atoms with van der Waals surface area (Å²) in [7, 11) is 0. The third-order valence-corrected chi connectivity index (χ3v) is 5.58. The molecule has 0 aliphatic heterocycles. The summed E-state index contributed by atoms with van der Waals surface area (Å²) in [6.07, 6.45) is 2.12. The van der Waals surface area contributed by atoms with E-state index in [0.29, 0.717) is 6.04 Å². The van der Waals surface area contributed by atoms with Gasteiger partial charge in [-0.1, -0.05) is 30.7 Å². The Morgan fingerprint density at radius 1 is 1.38 bits per heavy atom. The lowest BCUT2D eigenvalue weighted by atomic mass is 10.2. The first-order valence-electron chi connectivity index (χ1n) is 7.20. The molecule has 2 rings (SSSR count). The zero-order valence-corrected chi connectivity index (χ0v) is 14.8. The molecular formula is C16H21ClN2S2. The number of rotatable bonds is 8. The second-order valence-electron chi connectivity index (χ2n) is 4.95. The third-order valence-electron chi connectivity index (χ3n) is 3.08. The molecule has 2 nitrogen and oxygen atoms in total. The Morgan fingerprint density at radius 2 is 2.19 bits per heavy atom. The Morgan fingerprint density at radius 3 is 2.86 bits per heavy atom.